The number of rotatable bonds is 5. The first kappa shape index (κ1) is 15.2. The molecule has 1 aliphatic rings. The molecule has 4 heteroatoms. The van der Waals surface area contributed by atoms with Gasteiger partial charge in [-0.05, 0) is 45.2 Å². The van der Waals surface area contributed by atoms with Crippen molar-refractivity contribution in [2.75, 3.05) is 32.5 Å². The van der Waals surface area contributed by atoms with Crippen LogP contribution in [0.4, 0.5) is 5.82 Å². The van der Waals surface area contributed by atoms with Crippen LogP contribution in [0.25, 0.3) is 0 Å². The molecule has 0 unspecified atom stereocenters. The summed E-state index contributed by atoms with van der Waals surface area (Å²) in [7, 11) is 4.25. The summed E-state index contributed by atoms with van der Waals surface area (Å²) in [6.45, 7) is 6.58. The Morgan fingerprint density at radius 1 is 1.15 bits per heavy atom. The number of aromatic nitrogens is 2. The first-order valence-corrected chi connectivity index (χ1v) is 7.69. The van der Waals surface area contributed by atoms with Crippen molar-refractivity contribution in [1.29, 1.82) is 0 Å². The lowest BCUT2D eigenvalue weighted by molar-refractivity contribution is 0.254. The van der Waals surface area contributed by atoms with E-state index in [1.807, 2.05) is 0 Å². The van der Waals surface area contributed by atoms with E-state index in [2.05, 4.69) is 48.1 Å². The van der Waals surface area contributed by atoms with Gasteiger partial charge in [-0.15, -0.1) is 0 Å². The second-order valence-corrected chi connectivity index (χ2v) is 6.96. The normalized spacial score (nSPS) is 15.8. The molecule has 112 valence electrons. The molecule has 1 aromatic rings. The van der Waals surface area contributed by atoms with E-state index in [9.17, 15) is 0 Å². The van der Waals surface area contributed by atoms with Gasteiger partial charge in [-0.2, -0.15) is 0 Å². The third kappa shape index (κ3) is 4.17. The number of hydrogen-bond donors (Lipinski definition) is 1. The molecule has 0 atom stereocenters. The topological polar surface area (TPSA) is 41.0 Å². The Morgan fingerprint density at radius 2 is 1.90 bits per heavy atom. The quantitative estimate of drug-likeness (QED) is 0.840. The molecule has 0 saturated carbocycles. The van der Waals surface area contributed by atoms with E-state index in [1.165, 1.54) is 30.5 Å². The van der Waals surface area contributed by atoms with Gasteiger partial charge in [0, 0.05) is 24.3 Å². The second-order valence-electron chi connectivity index (χ2n) is 6.96. The summed E-state index contributed by atoms with van der Waals surface area (Å²) in [6.07, 6.45) is 7.76. The van der Waals surface area contributed by atoms with Gasteiger partial charge in [-0.1, -0.05) is 20.3 Å². The lowest BCUT2D eigenvalue weighted by Gasteiger charge is -2.29. The summed E-state index contributed by atoms with van der Waals surface area (Å²) >= 11 is 0. The zero-order valence-electron chi connectivity index (χ0n) is 13.4. The number of anilines is 1. The number of fused-ring (bicyclic) bond motifs is 1. The molecule has 1 aromatic heterocycles. The van der Waals surface area contributed by atoms with Crippen molar-refractivity contribution in [2.45, 2.75) is 46.0 Å². The van der Waals surface area contributed by atoms with Gasteiger partial charge in [0.05, 0.1) is 0 Å². The molecule has 2 rings (SSSR count). The lowest BCUT2D eigenvalue weighted by atomic mass is 9.93. The maximum atomic E-state index is 4.48. The van der Waals surface area contributed by atoms with Crippen LogP contribution in [0.1, 0.15) is 44.4 Å². The number of hydrogen-bond acceptors (Lipinski definition) is 4. The van der Waals surface area contributed by atoms with Crippen molar-refractivity contribution in [1.82, 2.24) is 14.9 Å². The number of aryl methyl sites for hydroxylation is 1. The van der Waals surface area contributed by atoms with Crippen LogP contribution in [-0.2, 0) is 12.8 Å². The summed E-state index contributed by atoms with van der Waals surface area (Å²) in [6, 6.07) is 0. The van der Waals surface area contributed by atoms with E-state index in [4.69, 9.17) is 0 Å². The molecule has 1 heterocycles. The van der Waals surface area contributed by atoms with Crippen LogP contribution < -0.4 is 5.32 Å². The fourth-order valence-corrected chi connectivity index (χ4v) is 3.09. The maximum absolute atomic E-state index is 4.48. The summed E-state index contributed by atoms with van der Waals surface area (Å²) in [5.74, 6) is 1.06. The van der Waals surface area contributed by atoms with E-state index < -0.39 is 0 Å². The monoisotopic (exact) mass is 276 g/mol. The Labute approximate surface area is 123 Å². The number of nitrogens with one attached hydrogen (secondary N) is 1. The minimum Gasteiger partial charge on any atom is -0.369 e. The molecular formula is C16H28N4. The molecule has 0 saturated heterocycles. The third-order valence-electron chi connectivity index (χ3n) is 3.85. The SMILES string of the molecule is CN(C)CC(C)(C)CNc1ncnc2c1CCCCC2. The van der Waals surface area contributed by atoms with E-state index in [0.29, 0.717) is 0 Å². The summed E-state index contributed by atoms with van der Waals surface area (Å²) < 4.78 is 0. The van der Waals surface area contributed by atoms with E-state index >= 15 is 0 Å². The van der Waals surface area contributed by atoms with Gasteiger partial charge in [0.2, 0.25) is 0 Å². The van der Waals surface area contributed by atoms with Gasteiger partial charge in [0.1, 0.15) is 12.1 Å². The molecule has 1 aliphatic carbocycles. The molecule has 0 aliphatic heterocycles. The standard InChI is InChI=1S/C16H28N4/c1-16(2,11-20(3)4)10-17-15-13-8-6-5-7-9-14(13)18-12-19-15/h12H,5-11H2,1-4H3,(H,17,18,19). The van der Waals surface area contributed by atoms with Gasteiger partial charge in [-0.25, -0.2) is 9.97 Å². The Balaban J connectivity index is 2.06. The predicted octanol–water partition coefficient (Wildman–Crippen LogP) is 2.75. The summed E-state index contributed by atoms with van der Waals surface area (Å²) in [4.78, 5) is 11.2. The van der Waals surface area contributed by atoms with Gasteiger partial charge in [-0.3, -0.25) is 0 Å². The fraction of sp³-hybridized carbons (Fsp3) is 0.750. The highest BCUT2D eigenvalue weighted by Crippen LogP contribution is 2.25. The summed E-state index contributed by atoms with van der Waals surface area (Å²) in [5, 5.41) is 3.57. The third-order valence-corrected chi connectivity index (χ3v) is 3.85. The van der Waals surface area contributed by atoms with Crippen molar-refractivity contribution in [3.05, 3.63) is 17.6 Å². The molecule has 4 nitrogen and oxygen atoms in total. The Bertz CT molecular complexity index is 440. The van der Waals surface area contributed by atoms with Crippen LogP contribution >= 0.6 is 0 Å². The van der Waals surface area contributed by atoms with E-state index in [-0.39, 0.29) is 5.41 Å². The molecule has 0 spiro atoms. The minimum absolute atomic E-state index is 0.228. The number of nitrogens with zero attached hydrogens (tertiary/aromatic N) is 3. The van der Waals surface area contributed by atoms with Crippen molar-refractivity contribution in [2.24, 2.45) is 5.41 Å². The van der Waals surface area contributed by atoms with Crippen molar-refractivity contribution < 1.29 is 0 Å². The molecular weight excluding hydrogens is 248 g/mol. The molecule has 20 heavy (non-hydrogen) atoms. The molecule has 0 aromatic carbocycles. The maximum Gasteiger partial charge on any atom is 0.132 e. The summed E-state index contributed by atoms with van der Waals surface area (Å²) in [5.41, 5.74) is 2.84. The van der Waals surface area contributed by atoms with Crippen LogP contribution in [-0.4, -0.2) is 42.1 Å². The second kappa shape index (κ2) is 6.53. The van der Waals surface area contributed by atoms with Gasteiger partial charge in [0.25, 0.3) is 0 Å². The molecule has 0 fully saturated rings. The van der Waals surface area contributed by atoms with Gasteiger partial charge >= 0.3 is 0 Å². The average Bonchev–Trinajstić information content (AvgIpc) is 2.60. The minimum atomic E-state index is 0.228. The fourth-order valence-electron chi connectivity index (χ4n) is 3.09. The van der Waals surface area contributed by atoms with Gasteiger partial charge < -0.3 is 10.2 Å². The molecule has 0 bridgehead atoms. The Morgan fingerprint density at radius 3 is 2.65 bits per heavy atom. The van der Waals surface area contributed by atoms with Crippen LogP contribution in [0, 0.1) is 5.41 Å². The Kier molecular flexibility index (Phi) is 4.97. The molecule has 1 N–H and O–H groups in total. The van der Waals surface area contributed by atoms with Crippen molar-refractivity contribution in [3.63, 3.8) is 0 Å². The largest absolute Gasteiger partial charge is 0.369 e. The Hall–Kier alpha value is -1.16. The highest BCUT2D eigenvalue weighted by atomic mass is 15.1. The lowest BCUT2D eigenvalue weighted by Crippen LogP contribution is -2.34. The van der Waals surface area contributed by atoms with Crippen LogP contribution in [0.15, 0.2) is 6.33 Å². The highest BCUT2D eigenvalue weighted by molar-refractivity contribution is 5.46. The van der Waals surface area contributed by atoms with Gasteiger partial charge in [0.15, 0.2) is 0 Å². The first-order valence-electron chi connectivity index (χ1n) is 7.69. The zero-order chi connectivity index (χ0) is 14.6. The first-order chi connectivity index (χ1) is 9.48. The van der Waals surface area contributed by atoms with E-state index in [1.54, 1.807) is 6.33 Å². The smallest absolute Gasteiger partial charge is 0.132 e. The average molecular weight is 276 g/mol. The van der Waals surface area contributed by atoms with Crippen molar-refractivity contribution >= 4 is 5.82 Å². The van der Waals surface area contributed by atoms with Crippen LogP contribution in [0.3, 0.4) is 0 Å². The predicted molar refractivity (Wildman–Crippen MR) is 84.1 cm³/mol. The van der Waals surface area contributed by atoms with E-state index in [0.717, 1.165) is 31.7 Å². The van der Waals surface area contributed by atoms with Crippen LogP contribution in [0.2, 0.25) is 0 Å². The van der Waals surface area contributed by atoms with Crippen LogP contribution in [0.5, 0.6) is 0 Å². The molecule has 0 amide bonds. The zero-order valence-corrected chi connectivity index (χ0v) is 13.4. The highest BCUT2D eigenvalue weighted by Gasteiger charge is 2.20. The molecule has 0 radical (unpaired) electrons. The van der Waals surface area contributed by atoms with Crippen molar-refractivity contribution in [3.8, 4) is 0 Å².